The Kier molecular flexibility index (Phi) is 2.78. The van der Waals surface area contributed by atoms with Crippen molar-refractivity contribution in [2.75, 3.05) is 0 Å². The van der Waals surface area contributed by atoms with E-state index in [2.05, 4.69) is 19.2 Å². The molecule has 0 radical (unpaired) electrons. The van der Waals surface area contributed by atoms with Gasteiger partial charge in [0.1, 0.15) is 0 Å². The minimum Gasteiger partial charge on any atom is -0.350 e. The summed E-state index contributed by atoms with van der Waals surface area (Å²) in [4.78, 5) is 11.7. The fourth-order valence-electron chi connectivity index (χ4n) is 3.91. The molecule has 0 unspecified atom stereocenters. The molecule has 1 heterocycles. The first-order valence-corrected chi connectivity index (χ1v) is 6.49. The van der Waals surface area contributed by atoms with Crippen LogP contribution < -0.4 is 5.32 Å². The molecule has 2 rings (SSSR count). The fourth-order valence-corrected chi connectivity index (χ4v) is 3.91. The minimum atomic E-state index is 0.159. The molecule has 1 aliphatic carbocycles. The Morgan fingerprint density at radius 1 is 1.13 bits per heavy atom. The van der Waals surface area contributed by atoms with Crippen molar-refractivity contribution in [2.45, 2.75) is 70.8 Å². The van der Waals surface area contributed by atoms with Gasteiger partial charge in [-0.2, -0.15) is 0 Å². The van der Waals surface area contributed by atoms with E-state index in [-0.39, 0.29) is 11.0 Å². The molecule has 1 N–H and O–H groups in total. The van der Waals surface area contributed by atoms with Crippen LogP contribution in [-0.2, 0) is 4.79 Å². The summed E-state index contributed by atoms with van der Waals surface area (Å²) in [5.74, 6) is 0.292. The molecule has 1 amide bonds. The SMILES string of the molecule is CCC1(CC)CC(=O)NC12CCCCC2. The Balaban J connectivity index is 2.30. The van der Waals surface area contributed by atoms with Crippen LogP contribution in [0.3, 0.4) is 0 Å². The summed E-state index contributed by atoms with van der Waals surface area (Å²) in [6, 6.07) is 0. The molecule has 0 aromatic carbocycles. The highest BCUT2D eigenvalue weighted by molar-refractivity contribution is 5.81. The minimum absolute atomic E-state index is 0.159. The molecule has 1 aliphatic heterocycles. The lowest BCUT2D eigenvalue weighted by Crippen LogP contribution is -2.53. The molecule has 1 saturated carbocycles. The van der Waals surface area contributed by atoms with Gasteiger partial charge >= 0.3 is 0 Å². The van der Waals surface area contributed by atoms with Gasteiger partial charge in [-0.3, -0.25) is 4.79 Å². The summed E-state index contributed by atoms with van der Waals surface area (Å²) < 4.78 is 0. The summed E-state index contributed by atoms with van der Waals surface area (Å²) in [6.45, 7) is 4.50. The average Bonchev–Trinajstić information content (AvgIpc) is 2.52. The second-order valence-electron chi connectivity index (χ2n) is 5.36. The van der Waals surface area contributed by atoms with Gasteiger partial charge in [0, 0.05) is 17.4 Å². The van der Waals surface area contributed by atoms with Gasteiger partial charge in [-0.15, -0.1) is 0 Å². The van der Waals surface area contributed by atoms with E-state index in [1.54, 1.807) is 0 Å². The first-order chi connectivity index (χ1) is 7.18. The van der Waals surface area contributed by atoms with E-state index in [9.17, 15) is 4.79 Å². The van der Waals surface area contributed by atoms with Crippen LogP contribution in [0.5, 0.6) is 0 Å². The van der Waals surface area contributed by atoms with Crippen molar-refractivity contribution in [3.63, 3.8) is 0 Å². The normalized spacial score (nSPS) is 28.0. The van der Waals surface area contributed by atoms with Crippen molar-refractivity contribution >= 4 is 5.91 Å². The summed E-state index contributed by atoms with van der Waals surface area (Å²) in [7, 11) is 0. The molecule has 0 bridgehead atoms. The predicted octanol–water partition coefficient (Wildman–Crippen LogP) is 3.02. The van der Waals surface area contributed by atoms with Crippen LogP contribution in [0.15, 0.2) is 0 Å². The lowest BCUT2D eigenvalue weighted by Gasteiger charge is -2.47. The van der Waals surface area contributed by atoms with Gasteiger partial charge in [0.2, 0.25) is 5.91 Å². The second-order valence-corrected chi connectivity index (χ2v) is 5.36. The maximum Gasteiger partial charge on any atom is 0.221 e. The van der Waals surface area contributed by atoms with Crippen LogP contribution in [0.4, 0.5) is 0 Å². The predicted molar refractivity (Wildman–Crippen MR) is 61.6 cm³/mol. The third-order valence-electron chi connectivity index (χ3n) is 4.95. The first-order valence-electron chi connectivity index (χ1n) is 6.49. The fraction of sp³-hybridized carbons (Fsp3) is 0.923. The lowest BCUT2D eigenvalue weighted by molar-refractivity contribution is -0.120. The zero-order chi connectivity index (χ0) is 10.9. The van der Waals surface area contributed by atoms with Gasteiger partial charge in [-0.05, 0) is 25.7 Å². The number of carbonyl (C=O) groups is 1. The largest absolute Gasteiger partial charge is 0.350 e. The highest BCUT2D eigenvalue weighted by Gasteiger charge is 2.55. The van der Waals surface area contributed by atoms with E-state index < -0.39 is 0 Å². The van der Waals surface area contributed by atoms with E-state index in [0.29, 0.717) is 5.91 Å². The van der Waals surface area contributed by atoms with E-state index in [0.717, 1.165) is 19.3 Å². The van der Waals surface area contributed by atoms with E-state index in [1.807, 2.05) is 0 Å². The summed E-state index contributed by atoms with van der Waals surface area (Å²) >= 11 is 0. The van der Waals surface area contributed by atoms with Crippen LogP contribution in [0.2, 0.25) is 0 Å². The van der Waals surface area contributed by atoms with Crippen LogP contribution in [0, 0.1) is 5.41 Å². The molecule has 2 fully saturated rings. The van der Waals surface area contributed by atoms with Gasteiger partial charge < -0.3 is 5.32 Å². The maximum atomic E-state index is 11.7. The summed E-state index contributed by atoms with van der Waals surface area (Å²) in [6.07, 6.45) is 9.40. The number of amides is 1. The van der Waals surface area contributed by atoms with E-state index in [1.165, 1.54) is 32.1 Å². The molecule has 1 saturated heterocycles. The Morgan fingerprint density at radius 3 is 2.27 bits per heavy atom. The van der Waals surface area contributed by atoms with Crippen LogP contribution in [0.25, 0.3) is 0 Å². The Morgan fingerprint density at radius 2 is 1.73 bits per heavy atom. The topological polar surface area (TPSA) is 29.1 Å². The van der Waals surface area contributed by atoms with Gasteiger partial charge in [0.05, 0.1) is 0 Å². The highest BCUT2D eigenvalue weighted by Crippen LogP contribution is 2.52. The molecule has 0 atom stereocenters. The zero-order valence-corrected chi connectivity index (χ0v) is 10.1. The third-order valence-corrected chi connectivity index (χ3v) is 4.95. The molecular formula is C13H23NO. The number of nitrogens with one attached hydrogen (secondary N) is 1. The average molecular weight is 209 g/mol. The van der Waals surface area contributed by atoms with Crippen molar-refractivity contribution in [1.82, 2.24) is 5.32 Å². The van der Waals surface area contributed by atoms with E-state index in [4.69, 9.17) is 0 Å². The molecule has 86 valence electrons. The first kappa shape index (κ1) is 11.0. The smallest absolute Gasteiger partial charge is 0.221 e. The van der Waals surface area contributed by atoms with Gasteiger partial charge in [0.25, 0.3) is 0 Å². The van der Waals surface area contributed by atoms with Crippen molar-refractivity contribution < 1.29 is 4.79 Å². The molecule has 2 heteroatoms. The van der Waals surface area contributed by atoms with Gasteiger partial charge in [-0.1, -0.05) is 33.1 Å². The van der Waals surface area contributed by atoms with Crippen LogP contribution >= 0.6 is 0 Å². The van der Waals surface area contributed by atoms with Gasteiger partial charge in [-0.25, -0.2) is 0 Å². The number of rotatable bonds is 2. The number of carbonyl (C=O) groups excluding carboxylic acids is 1. The van der Waals surface area contributed by atoms with Crippen LogP contribution in [-0.4, -0.2) is 11.4 Å². The molecular weight excluding hydrogens is 186 g/mol. The van der Waals surface area contributed by atoms with Crippen LogP contribution in [0.1, 0.15) is 65.2 Å². The standard InChI is InChI=1S/C13H23NO/c1-3-12(4-2)10-11(15)14-13(12)8-6-5-7-9-13/h3-10H2,1-2H3,(H,14,15). The third kappa shape index (κ3) is 1.49. The Hall–Kier alpha value is -0.530. The monoisotopic (exact) mass is 209 g/mol. The maximum absolute atomic E-state index is 11.7. The van der Waals surface area contributed by atoms with Crippen molar-refractivity contribution in [2.24, 2.45) is 5.41 Å². The van der Waals surface area contributed by atoms with Crippen molar-refractivity contribution in [1.29, 1.82) is 0 Å². The van der Waals surface area contributed by atoms with Gasteiger partial charge in [0.15, 0.2) is 0 Å². The molecule has 0 aromatic rings. The number of hydrogen-bond donors (Lipinski definition) is 1. The quantitative estimate of drug-likeness (QED) is 0.744. The summed E-state index contributed by atoms with van der Waals surface area (Å²) in [5.41, 5.74) is 0.413. The molecule has 2 nitrogen and oxygen atoms in total. The zero-order valence-electron chi connectivity index (χ0n) is 10.1. The second kappa shape index (κ2) is 3.80. The van der Waals surface area contributed by atoms with E-state index >= 15 is 0 Å². The molecule has 1 spiro atoms. The number of hydrogen-bond acceptors (Lipinski definition) is 1. The Bertz CT molecular complexity index is 249. The molecule has 2 aliphatic rings. The molecule has 15 heavy (non-hydrogen) atoms. The summed E-state index contributed by atoms with van der Waals surface area (Å²) in [5, 5.41) is 3.32. The molecule has 0 aromatic heterocycles. The lowest BCUT2D eigenvalue weighted by atomic mass is 9.61. The Labute approximate surface area is 92.8 Å². The highest BCUT2D eigenvalue weighted by atomic mass is 16.2. The van der Waals surface area contributed by atoms with Crippen molar-refractivity contribution in [3.8, 4) is 0 Å². The van der Waals surface area contributed by atoms with Crippen molar-refractivity contribution in [3.05, 3.63) is 0 Å².